The Morgan fingerprint density at radius 1 is 1.17 bits per heavy atom. The molecule has 0 aromatic heterocycles. The summed E-state index contributed by atoms with van der Waals surface area (Å²) in [6.45, 7) is 0. The highest BCUT2D eigenvalue weighted by Gasteiger charge is 2.27. The molecule has 0 saturated heterocycles. The van der Waals surface area contributed by atoms with E-state index in [1.165, 1.54) is 33.0 Å². The molecule has 0 bridgehead atoms. The van der Waals surface area contributed by atoms with E-state index in [-0.39, 0.29) is 5.91 Å². The van der Waals surface area contributed by atoms with Gasteiger partial charge in [0, 0.05) is 22.3 Å². The third kappa shape index (κ3) is 3.12. The second kappa shape index (κ2) is 6.56. The van der Waals surface area contributed by atoms with Gasteiger partial charge in [0.15, 0.2) is 0 Å². The van der Waals surface area contributed by atoms with Gasteiger partial charge in [-0.2, -0.15) is 0 Å². The Morgan fingerprint density at radius 3 is 2.87 bits per heavy atom. The first-order valence-electron chi connectivity index (χ1n) is 8.80. The van der Waals surface area contributed by atoms with Crippen molar-refractivity contribution >= 4 is 17.7 Å². The highest BCUT2D eigenvalue weighted by Crippen LogP contribution is 2.49. The molecule has 23 heavy (non-hydrogen) atoms. The lowest BCUT2D eigenvalue weighted by molar-refractivity contribution is -0.122. The molecule has 3 aliphatic carbocycles. The van der Waals surface area contributed by atoms with Crippen molar-refractivity contribution < 1.29 is 4.79 Å². The van der Waals surface area contributed by atoms with Crippen LogP contribution in [0.2, 0.25) is 0 Å². The van der Waals surface area contributed by atoms with E-state index in [2.05, 4.69) is 35.7 Å². The summed E-state index contributed by atoms with van der Waals surface area (Å²) >= 11 is 1.91. The van der Waals surface area contributed by atoms with Gasteiger partial charge >= 0.3 is 0 Å². The number of carbonyl (C=O) groups is 1. The molecule has 1 N–H and O–H groups in total. The van der Waals surface area contributed by atoms with E-state index in [1.54, 1.807) is 0 Å². The van der Waals surface area contributed by atoms with Gasteiger partial charge in [-0.1, -0.05) is 42.1 Å². The standard InChI is InChI=1S/C20H23NOS/c22-20(21-14-6-5-7-14)13-12-15-16-8-1-3-10-18(16)23-19-11-4-2-9-17(15)19/h1,8-11,14H,2-7,12-13H2,(H,21,22). The van der Waals surface area contributed by atoms with Gasteiger partial charge in [0.2, 0.25) is 5.91 Å². The fraction of sp³-hybridized carbons (Fsp3) is 0.450. The van der Waals surface area contributed by atoms with Crippen molar-refractivity contribution in [3.8, 4) is 0 Å². The third-order valence-corrected chi connectivity index (χ3v) is 6.26. The molecule has 0 aromatic carbocycles. The monoisotopic (exact) mass is 325 g/mol. The molecule has 1 fully saturated rings. The summed E-state index contributed by atoms with van der Waals surface area (Å²) in [6.07, 6.45) is 19.8. The number of allylic oxidation sites excluding steroid dienone is 8. The van der Waals surface area contributed by atoms with Gasteiger partial charge in [-0.3, -0.25) is 4.79 Å². The average molecular weight is 325 g/mol. The number of hydrogen-bond donors (Lipinski definition) is 1. The molecule has 3 heteroatoms. The Hall–Kier alpha value is -1.48. The minimum atomic E-state index is 0.216. The van der Waals surface area contributed by atoms with Crippen LogP contribution in [-0.2, 0) is 4.79 Å². The molecular weight excluding hydrogens is 302 g/mol. The number of rotatable bonds is 4. The first-order chi connectivity index (χ1) is 11.3. The van der Waals surface area contributed by atoms with Crippen molar-refractivity contribution in [2.45, 2.75) is 57.4 Å². The summed E-state index contributed by atoms with van der Waals surface area (Å²) in [4.78, 5) is 15.0. The van der Waals surface area contributed by atoms with Crippen LogP contribution in [0.4, 0.5) is 0 Å². The number of amides is 1. The van der Waals surface area contributed by atoms with Crippen LogP contribution in [0.3, 0.4) is 0 Å². The summed E-state index contributed by atoms with van der Waals surface area (Å²) in [5, 5.41) is 3.17. The Morgan fingerprint density at radius 2 is 2.04 bits per heavy atom. The van der Waals surface area contributed by atoms with Crippen LogP contribution < -0.4 is 5.32 Å². The molecule has 0 radical (unpaired) electrons. The van der Waals surface area contributed by atoms with E-state index in [0.717, 1.165) is 38.5 Å². The molecule has 0 atom stereocenters. The molecule has 1 saturated carbocycles. The molecule has 4 aliphatic rings. The van der Waals surface area contributed by atoms with Crippen LogP contribution in [0.15, 0.2) is 56.9 Å². The van der Waals surface area contributed by atoms with Gasteiger partial charge in [0.05, 0.1) is 0 Å². The SMILES string of the molecule is O=C(CCC1=C2C=CCC=C2SC2=CCCC=C21)NC1CCC1. The average Bonchev–Trinajstić information content (AvgIpc) is 2.55. The number of thioether (sulfide) groups is 1. The smallest absolute Gasteiger partial charge is 0.220 e. The summed E-state index contributed by atoms with van der Waals surface area (Å²) in [5.74, 6) is 0.216. The Labute approximate surface area is 142 Å². The number of hydrogen-bond acceptors (Lipinski definition) is 2. The van der Waals surface area contributed by atoms with Gasteiger partial charge in [-0.25, -0.2) is 0 Å². The number of fused-ring (bicyclic) bond motifs is 2. The molecule has 120 valence electrons. The molecule has 2 nitrogen and oxygen atoms in total. The van der Waals surface area contributed by atoms with Crippen LogP contribution >= 0.6 is 11.8 Å². The first kappa shape index (κ1) is 15.1. The topological polar surface area (TPSA) is 29.1 Å². The Kier molecular flexibility index (Phi) is 4.30. The maximum atomic E-state index is 12.2. The molecule has 1 aliphatic heterocycles. The Bertz CT molecular complexity index is 674. The van der Waals surface area contributed by atoms with Crippen molar-refractivity contribution in [3.05, 3.63) is 56.9 Å². The van der Waals surface area contributed by atoms with E-state index in [1.807, 2.05) is 11.8 Å². The number of nitrogens with one attached hydrogen (secondary N) is 1. The van der Waals surface area contributed by atoms with Crippen LogP contribution in [0.1, 0.15) is 51.4 Å². The molecule has 0 spiro atoms. The highest BCUT2D eigenvalue weighted by molar-refractivity contribution is 8.07. The summed E-state index contributed by atoms with van der Waals surface area (Å²) in [5.41, 5.74) is 4.11. The summed E-state index contributed by atoms with van der Waals surface area (Å²) in [6, 6.07) is 0.441. The van der Waals surface area contributed by atoms with E-state index in [0.29, 0.717) is 12.5 Å². The lowest BCUT2D eigenvalue weighted by Gasteiger charge is -2.30. The van der Waals surface area contributed by atoms with E-state index >= 15 is 0 Å². The van der Waals surface area contributed by atoms with Crippen molar-refractivity contribution in [2.24, 2.45) is 0 Å². The molecule has 0 aromatic rings. The molecule has 0 unspecified atom stereocenters. The van der Waals surface area contributed by atoms with Gasteiger partial charge < -0.3 is 5.32 Å². The normalized spacial score (nSPS) is 23.2. The van der Waals surface area contributed by atoms with Crippen LogP contribution in [0.5, 0.6) is 0 Å². The fourth-order valence-corrected chi connectivity index (χ4v) is 4.78. The lowest BCUT2D eigenvalue weighted by Crippen LogP contribution is -2.39. The fourth-order valence-electron chi connectivity index (χ4n) is 3.54. The first-order valence-corrected chi connectivity index (χ1v) is 9.61. The second-order valence-electron chi connectivity index (χ2n) is 6.66. The molecule has 1 heterocycles. The third-order valence-electron chi connectivity index (χ3n) is 5.04. The van der Waals surface area contributed by atoms with Crippen LogP contribution in [0, 0.1) is 0 Å². The maximum Gasteiger partial charge on any atom is 0.220 e. The van der Waals surface area contributed by atoms with Crippen molar-refractivity contribution in [1.29, 1.82) is 0 Å². The second-order valence-corrected chi connectivity index (χ2v) is 7.74. The zero-order valence-electron chi connectivity index (χ0n) is 13.4. The quantitative estimate of drug-likeness (QED) is 0.794. The minimum Gasteiger partial charge on any atom is -0.353 e. The molecule has 1 amide bonds. The van der Waals surface area contributed by atoms with E-state index in [4.69, 9.17) is 0 Å². The highest BCUT2D eigenvalue weighted by atomic mass is 32.2. The lowest BCUT2D eigenvalue weighted by atomic mass is 9.89. The zero-order chi connectivity index (χ0) is 15.6. The van der Waals surface area contributed by atoms with Crippen LogP contribution in [-0.4, -0.2) is 11.9 Å². The predicted molar refractivity (Wildman–Crippen MR) is 96.9 cm³/mol. The molecule has 4 rings (SSSR count). The van der Waals surface area contributed by atoms with Crippen molar-refractivity contribution in [3.63, 3.8) is 0 Å². The van der Waals surface area contributed by atoms with Crippen LogP contribution in [0.25, 0.3) is 0 Å². The largest absolute Gasteiger partial charge is 0.353 e. The van der Waals surface area contributed by atoms with E-state index < -0.39 is 0 Å². The van der Waals surface area contributed by atoms with Gasteiger partial charge in [0.1, 0.15) is 0 Å². The molecular formula is C20H23NOS. The van der Waals surface area contributed by atoms with Gasteiger partial charge in [-0.15, -0.1) is 0 Å². The minimum absolute atomic E-state index is 0.216. The summed E-state index contributed by atoms with van der Waals surface area (Å²) < 4.78 is 0. The van der Waals surface area contributed by atoms with Gasteiger partial charge in [-0.05, 0) is 61.7 Å². The van der Waals surface area contributed by atoms with Crippen molar-refractivity contribution in [1.82, 2.24) is 5.32 Å². The Balaban J connectivity index is 1.54. The van der Waals surface area contributed by atoms with Crippen molar-refractivity contribution in [2.75, 3.05) is 0 Å². The maximum absolute atomic E-state index is 12.2. The summed E-state index contributed by atoms with van der Waals surface area (Å²) in [7, 11) is 0. The van der Waals surface area contributed by atoms with Gasteiger partial charge in [0.25, 0.3) is 0 Å². The predicted octanol–water partition coefficient (Wildman–Crippen LogP) is 4.93. The van der Waals surface area contributed by atoms with E-state index in [9.17, 15) is 4.79 Å². The zero-order valence-corrected chi connectivity index (χ0v) is 14.3. The number of carbonyl (C=O) groups excluding carboxylic acids is 1.